The zero-order valence-corrected chi connectivity index (χ0v) is 9.93. The summed E-state index contributed by atoms with van der Waals surface area (Å²) in [6, 6.07) is 1.42. The highest BCUT2D eigenvalue weighted by molar-refractivity contribution is 5.05. The lowest BCUT2D eigenvalue weighted by atomic mass is 9.75. The van der Waals surface area contributed by atoms with Crippen LogP contribution in [-0.4, -0.2) is 30.0 Å². The Hall–Kier alpha value is -0.120. The monoisotopic (exact) mass is 222 g/mol. The second kappa shape index (κ2) is 3.21. The molecule has 3 heteroatoms. The van der Waals surface area contributed by atoms with Crippen LogP contribution < -0.4 is 10.6 Å². The van der Waals surface area contributed by atoms with E-state index in [9.17, 15) is 0 Å². The Morgan fingerprint density at radius 1 is 1.00 bits per heavy atom. The molecule has 4 fully saturated rings. The maximum absolute atomic E-state index is 6.57. The zero-order valence-electron chi connectivity index (χ0n) is 9.93. The number of piperidine rings is 1. The Kier molecular flexibility index (Phi) is 1.98. The van der Waals surface area contributed by atoms with E-state index >= 15 is 0 Å². The minimum atomic E-state index is 0.0375. The highest BCUT2D eigenvalue weighted by atomic mass is 16.5. The molecular weight excluding hydrogens is 200 g/mol. The lowest BCUT2D eigenvalue weighted by Crippen LogP contribution is -2.66. The van der Waals surface area contributed by atoms with Gasteiger partial charge < -0.3 is 10.1 Å². The fourth-order valence-corrected chi connectivity index (χ4v) is 4.27. The summed E-state index contributed by atoms with van der Waals surface area (Å²) >= 11 is 0. The average Bonchev–Trinajstić information content (AvgIpc) is 2.57. The topological polar surface area (TPSA) is 33.3 Å². The van der Waals surface area contributed by atoms with Crippen molar-refractivity contribution in [3.63, 3.8) is 0 Å². The van der Waals surface area contributed by atoms with Crippen LogP contribution in [0.25, 0.3) is 0 Å². The van der Waals surface area contributed by atoms with Crippen molar-refractivity contribution in [2.45, 2.75) is 74.8 Å². The van der Waals surface area contributed by atoms with Gasteiger partial charge in [-0.25, -0.2) is 0 Å². The SMILES string of the molecule is C1CC2(C1)CCNC1(CC3CCC(C1)N3)O2. The molecule has 3 saturated heterocycles. The van der Waals surface area contributed by atoms with Crippen LogP contribution in [0.3, 0.4) is 0 Å². The predicted molar refractivity (Wildman–Crippen MR) is 62.2 cm³/mol. The second-order valence-corrected chi connectivity index (χ2v) is 6.36. The highest BCUT2D eigenvalue weighted by Gasteiger charge is 2.52. The molecule has 4 rings (SSSR count). The van der Waals surface area contributed by atoms with Crippen molar-refractivity contribution in [1.82, 2.24) is 10.6 Å². The van der Waals surface area contributed by atoms with Gasteiger partial charge in [0, 0.05) is 31.5 Å². The average molecular weight is 222 g/mol. The molecule has 90 valence electrons. The van der Waals surface area contributed by atoms with E-state index in [4.69, 9.17) is 4.74 Å². The van der Waals surface area contributed by atoms with Gasteiger partial charge >= 0.3 is 0 Å². The van der Waals surface area contributed by atoms with Crippen LogP contribution in [-0.2, 0) is 4.74 Å². The van der Waals surface area contributed by atoms with E-state index in [1.54, 1.807) is 0 Å². The molecular formula is C13H22N2O. The molecule has 2 unspecified atom stereocenters. The maximum Gasteiger partial charge on any atom is 0.122 e. The van der Waals surface area contributed by atoms with Crippen LogP contribution in [0.1, 0.15) is 51.4 Å². The first kappa shape index (κ1) is 9.86. The zero-order chi connectivity index (χ0) is 10.6. The summed E-state index contributed by atoms with van der Waals surface area (Å²) in [5.74, 6) is 0. The van der Waals surface area contributed by atoms with Gasteiger partial charge in [0.1, 0.15) is 5.72 Å². The van der Waals surface area contributed by atoms with Crippen LogP contribution in [0.2, 0.25) is 0 Å². The first-order chi connectivity index (χ1) is 7.78. The Bertz CT molecular complexity index is 288. The molecule has 3 heterocycles. The third kappa shape index (κ3) is 1.38. The number of hydrogen-bond acceptors (Lipinski definition) is 3. The lowest BCUT2D eigenvalue weighted by molar-refractivity contribution is -0.243. The van der Waals surface area contributed by atoms with Crippen molar-refractivity contribution in [3.05, 3.63) is 0 Å². The molecule has 2 bridgehead atoms. The smallest absolute Gasteiger partial charge is 0.122 e. The van der Waals surface area contributed by atoms with Crippen molar-refractivity contribution in [2.75, 3.05) is 6.54 Å². The van der Waals surface area contributed by atoms with Crippen LogP contribution >= 0.6 is 0 Å². The molecule has 0 radical (unpaired) electrons. The fraction of sp³-hybridized carbons (Fsp3) is 1.00. The molecule has 0 aromatic carbocycles. The van der Waals surface area contributed by atoms with Gasteiger partial charge in [-0.1, -0.05) is 0 Å². The van der Waals surface area contributed by atoms with Crippen molar-refractivity contribution in [3.8, 4) is 0 Å². The lowest BCUT2D eigenvalue weighted by Gasteiger charge is -2.55. The summed E-state index contributed by atoms with van der Waals surface area (Å²) < 4.78 is 6.57. The van der Waals surface area contributed by atoms with Crippen molar-refractivity contribution in [1.29, 1.82) is 0 Å². The van der Waals surface area contributed by atoms with E-state index in [0.29, 0.717) is 12.1 Å². The fourth-order valence-electron chi connectivity index (χ4n) is 4.27. The number of nitrogens with one attached hydrogen (secondary N) is 2. The molecule has 1 aliphatic carbocycles. The van der Waals surface area contributed by atoms with Crippen LogP contribution in [0.15, 0.2) is 0 Å². The summed E-state index contributed by atoms with van der Waals surface area (Å²) in [6.07, 6.45) is 10.3. The Morgan fingerprint density at radius 3 is 2.38 bits per heavy atom. The molecule has 2 atom stereocenters. The van der Waals surface area contributed by atoms with Crippen LogP contribution in [0.4, 0.5) is 0 Å². The minimum absolute atomic E-state index is 0.0375. The molecule has 0 aromatic rings. The van der Waals surface area contributed by atoms with E-state index in [0.717, 1.165) is 0 Å². The van der Waals surface area contributed by atoms with Gasteiger partial charge in [-0.3, -0.25) is 5.32 Å². The predicted octanol–water partition coefficient (Wildman–Crippen LogP) is 1.53. The van der Waals surface area contributed by atoms with Crippen molar-refractivity contribution < 1.29 is 4.74 Å². The Balaban J connectivity index is 1.56. The Morgan fingerprint density at radius 2 is 1.75 bits per heavy atom. The summed E-state index contributed by atoms with van der Waals surface area (Å²) in [5.41, 5.74) is 0.317. The van der Waals surface area contributed by atoms with Crippen molar-refractivity contribution >= 4 is 0 Å². The molecule has 4 aliphatic rings. The van der Waals surface area contributed by atoms with E-state index in [1.165, 1.54) is 57.9 Å². The van der Waals surface area contributed by atoms with Gasteiger partial charge in [0.15, 0.2) is 0 Å². The van der Waals surface area contributed by atoms with Crippen molar-refractivity contribution in [2.24, 2.45) is 0 Å². The number of ether oxygens (including phenoxy) is 1. The standard InChI is InChI=1S/C13H22N2O/c1-4-12(5-1)6-7-14-13(16-12)8-10-2-3-11(9-13)15-10/h10-11,14-15H,1-9H2. The molecule has 2 spiro atoms. The van der Waals surface area contributed by atoms with E-state index < -0.39 is 0 Å². The number of hydrogen-bond donors (Lipinski definition) is 2. The summed E-state index contributed by atoms with van der Waals surface area (Å²) in [6.45, 7) is 1.17. The highest BCUT2D eigenvalue weighted by Crippen LogP contribution is 2.47. The van der Waals surface area contributed by atoms with E-state index in [1.807, 2.05) is 0 Å². The maximum atomic E-state index is 6.57. The second-order valence-electron chi connectivity index (χ2n) is 6.36. The van der Waals surface area contributed by atoms with E-state index in [2.05, 4.69) is 10.6 Å². The molecule has 3 aliphatic heterocycles. The summed E-state index contributed by atoms with van der Waals surface area (Å²) in [4.78, 5) is 0. The molecule has 2 N–H and O–H groups in total. The molecule has 3 nitrogen and oxygen atoms in total. The van der Waals surface area contributed by atoms with Gasteiger partial charge in [-0.15, -0.1) is 0 Å². The number of rotatable bonds is 0. The van der Waals surface area contributed by atoms with Gasteiger partial charge in [-0.2, -0.15) is 0 Å². The van der Waals surface area contributed by atoms with Crippen LogP contribution in [0.5, 0.6) is 0 Å². The first-order valence-corrected chi connectivity index (χ1v) is 6.99. The summed E-state index contributed by atoms with van der Waals surface area (Å²) in [5, 5.41) is 7.40. The first-order valence-electron chi connectivity index (χ1n) is 6.99. The quantitative estimate of drug-likeness (QED) is 0.652. The van der Waals surface area contributed by atoms with Gasteiger partial charge in [0.25, 0.3) is 0 Å². The van der Waals surface area contributed by atoms with Gasteiger partial charge in [0.05, 0.1) is 5.60 Å². The largest absolute Gasteiger partial charge is 0.354 e. The summed E-state index contributed by atoms with van der Waals surface area (Å²) in [7, 11) is 0. The Labute approximate surface area is 97.3 Å². The molecule has 0 amide bonds. The molecule has 0 aromatic heterocycles. The van der Waals surface area contributed by atoms with Gasteiger partial charge in [0.2, 0.25) is 0 Å². The van der Waals surface area contributed by atoms with Crippen LogP contribution in [0, 0.1) is 0 Å². The van der Waals surface area contributed by atoms with E-state index in [-0.39, 0.29) is 11.3 Å². The normalized spacial score (nSPS) is 49.5. The van der Waals surface area contributed by atoms with Gasteiger partial charge in [-0.05, 0) is 38.5 Å². The third-order valence-corrected chi connectivity index (χ3v) is 5.19. The molecule has 1 saturated carbocycles. The third-order valence-electron chi connectivity index (χ3n) is 5.19. The molecule has 16 heavy (non-hydrogen) atoms. The number of fused-ring (bicyclic) bond motifs is 2. The minimum Gasteiger partial charge on any atom is -0.354 e.